The van der Waals surface area contributed by atoms with E-state index in [2.05, 4.69) is 10.6 Å². The molecule has 0 unspecified atom stereocenters. The van der Waals surface area contributed by atoms with Gasteiger partial charge in [-0.25, -0.2) is 8.78 Å². The third kappa shape index (κ3) is 3.45. The summed E-state index contributed by atoms with van der Waals surface area (Å²) in [6.45, 7) is 4.06. The van der Waals surface area contributed by atoms with Gasteiger partial charge in [-0.1, -0.05) is 6.92 Å². The van der Waals surface area contributed by atoms with Crippen LogP contribution >= 0.6 is 0 Å². The summed E-state index contributed by atoms with van der Waals surface area (Å²) in [5.41, 5.74) is 0.456. The Bertz CT molecular complexity index is 470. The van der Waals surface area contributed by atoms with Crippen LogP contribution in [0.4, 0.5) is 14.5 Å². The molecule has 0 atom stereocenters. The minimum Gasteiger partial charge on any atom is -0.356 e. The van der Waals surface area contributed by atoms with E-state index in [1.54, 1.807) is 0 Å². The maximum atomic E-state index is 14.1. The first-order valence-electron chi connectivity index (χ1n) is 6.82. The topological polar surface area (TPSA) is 44.4 Å². The van der Waals surface area contributed by atoms with Crippen LogP contribution in [0.1, 0.15) is 18.9 Å². The Morgan fingerprint density at radius 1 is 1.35 bits per heavy atom. The molecule has 0 bridgehead atoms. The largest absolute Gasteiger partial charge is 0.356 e. The summed E-state index contributed by atoms with van der Waals surface area (Å²) in [5, 5.41) is 5.73. The number of piperazine rings is 1. The van der Waals surface area contributed by atoms with Gasteiger partial charge in [0.25, 0.3) is 0 Å². The second kappa shape index (κ2) is 6.65. The van der Waals surface area contributed by atoms with Gasteiger partial charge < -0.3 is 15.5 Å². The van der Waals surface area contributed by atoms with Crippen LogP contribution in [0, 0.1) is 11.6 Å². The number of hydrogen-bond acceptors (Lipinski definition) is 3. The number of benzene rings is 1. The Balaban J connectivity index is 2.15. The molecule has 1 aromatic carbocycles. The van der Waals surface area contributed by atoms with E-state index in [4.69, 9.17) is 0 Å². The van der Waals surface area contributed by atoms with Gasteiger partial charge in [0.1, 0.15) is 17.3 Å². The molecule has 2 N–H and O–H groups in total. The fourth-order valence-electron chi connectivity index (χ4n) is 2.26. The van der Waals surface area contributed by atoms with Crippen molar-refractivity contribution in [3.8, 4) is 0 Å². The van der Waals surface area contributed by atoms with Crippen LogP contribution < -0.4 is 15.5 Å². The lowest BCUT2D eigenvalue weighted by Crippen LogP contribution is -2.48. The molecule has 20 heavy (non-hydrogen) atoms. The standard InChI is InChI=1S/C14H19F2N3O/c1-2-3-17-8-10-6-11(15)14(12(16)7-10)19-5-4-18-13(20)9-19/h6-7,17H,2-5,8-9H2,1H3,(H,18,20). The normalized spacial score (nSPS) is 15.3. The van der Waals surface area contributed by atoms with Gasteiger partial charge in [0.05, 0.1) is 6.54 Å². The van der Waals surface area contributed by atoms with Crippen molar-refractivity contribution in [2.75, 3.05) is 31.1 Å². The van der Waals surface area contributed by atoms with Crippen molar-refractivity contribution in [1.29, 1.82) is 0 Å². The monoisotopic (exact) mass is 283 g/mol. The second-order valence-electron chi connectivity index (χ2n) is 4.86. The van der Waals surface area contributed by atoms with Gasteiger partial charge in [0.15, 0.2) is 0 Å². The lowest BCUT2D eigenvalue weighted by molar-refractivity contribution is -0.120. The maximum absolute atomic E-state index is 14.1. The summed E-state index contributed by atoms with van der Waals surface area (Å²) < 4.78 is 28.2. The average molecular weight is 283 g/mol. The molecule has 0 spiro atoms. The van der Waals surface area contributed by atoms with Crippen molar-refractivity contribution in [2.45, 2.75) is 19.9 Å². The van der Waals surface area contributed by atoms with E-state index in [-0.39, 0.29) is 18.1 Å². The SMILES string of the molecule is CCCNCc1cc(F)c(N2CCNC(=O)C2)c(F)c1. The van der Waals surface area contributed by atoms with Crippen LogP contribution in [0.2, 0.25) is 0 Å². The molecular weight excluding hydrogens is 264 g/mol. The van der Waals surface area contributed by atoms with Crippen LogP contribution in [0.25, 0.3) is 0 Å². The summed E-state index contributed by atoms with van der Waals surface area (Å²) in [6.07, 6.45) is 0.964. The smallest absolute Gasteiger partial charge is 0.239 e. The van der Waals surface area contributed by atoms with E-state index in [0.717, 1.165) is 13.0 Å². The van der Waals surface area contributed by atoms with Gasteiger partial charge in [0, 0.05) is 19.6 Å². The predicted molar refractivity (Wildman–Crippen MR) is 73.6 cm³/mol. The first-order chi connectivity index (χ1) is 9.61. The lowest BCUT2D eigenvalue weighted by atomic mass is 10.1. The molecular formula is C14H19F2N3O. The third-order valence-corrected chi connectivity index (χ3v) is 3.19. The Hall–Kier alpha value is -1.69. The molecule has 0 aromatic heterocycles. The average Bonchev–Trinajstić information content (AvgIpc) is 2.38. The molecule has 0 saturated carbocycles. The first kappa shape index (κ1) is 14.7. The predicted octanol–water partition coefficient (Wildman–Crippen LogP) is 1.40. The van der Waals surface area contributed by atoms with Gasteiger partial charge in [-0.05, 0) is 30.7 Å². The minimum atomic E-state index is -0.618. The first-order valence-corrected chi connectivity index (χ1v) is 6.82. The van der Waals surface area contributed by atoms with Gasteiger partial charge in [-0.15, -0.1) is 0 Å². The van der Waals surface area contributed by atoms with E-state index >= 15 is 0 Å². The zero-order valence-corrected chi connectivity index (χ0v) is 11.5. The molecule has 0 aliphatic carbocycles. The third-order valence-electron chi connectivity index (χ3n) is 3.19. The van der Waals surface area contributed by atoms with Gasteiger partial charge in [0.2, 0.25) is 5.91 Å². The van der Waals surface area contributed by atoms with Crippen LogP contribution in [0.15, 0.2) is 12.1 Å². The van der Waals surface area contributed by atoms with E-state index in [1.807, 2.05) is 6.92 Å². The number of nitrogens with one attached hydrogen (secondary N) is 2. The summed E-state index contributed by atoms with van der Waals surface area (Å²) in [6, 6.07) is 2.65. The fraction of sp³-hybridized carbons (Fsp3) is 0.500. The van der Waals surface area contributed by atoms with Crippen LogP contribution in [0.3, 0.4) is 0 Å². The highest BCUT2D eigenvalue weighted by atomic mass is 19.1. The highest BCUT2D eigenvalue weighted by Crippen LogP contribution is 2.25. The quantitative estimate of drug-likeness (QED) is 0.803. The molecule has 1 saturated heterocycles. The molecule has 1 heterocycles. The molecule has 1 aromatic rings. The van der Waals surface area contributed by atoms with E-state index in [1.165, 1.54) is 17.0 Å². The molecule has 2 rings (SSSR count). The number of halogens is 2. The number of nitrogens with zero attached hydrogens (tertiary/aromatic N) is 1. The zero-order valence-electron chi connectivity index (χ0n) is 11.5. The van der Waals surface area contributed by atoms with Crippen LogP contribution in [-0.4, -0.2) is 32.1 Å². The molecule has 1 amide bonds. The molecule has 0 radical (unpaired) electrons. The van der Waals surface area contributed by atoms with Gasteiger partial charge in [-0.3, -0.25) is 4.79 Å². The Labute approximate surface area is 117 Å². The molecule has 1 aliphatic heterocycles. The number of rotatable bonds is 5. The summed E-state index contributed by atoms with van der Waals surface area (Å²) in [5.74, 6) is -1.45. The molecule has 110 valence electrons. The zero-order chi connectivity index (χ0) is 14.5. The fourth-order valence-corrected chi connectivity index (χ4v) is 2.26. The molecule has 1 fully saturated rings. The number of carbonyl (C=O) groups excluding carboxylic acids is 1. The Morgan fingerprint density at radius 3 is 2.65 bits per heavy atom. The molecule has 1 aliphatic rings. The van der Waals surface area contributed by atoms with Crippen molar-refractivity contribution in [3.63, 3.8) is 0 Å². The van der Waals surface area contributed by atoms with Crippen molar-refractivity contribution in [1.82, 2.24) is 10.6 Å². The van der Waals surface area contributed by atoms with Crippen LogP contribution in [0.5, 0.6) is 0 Å². The Morgan fingerprint density at radius 2 is 2.05 bits per heavy atom. The number of hydrogen-bond donors (Lipinski definition) is 2. The van der Waals surface area contributed by atoms with Crippen LogP contribution in [-0.2, 0) is 11.3 Å². The van der Waals surface area contributed by atoms with E-state index in [0.29, 0.717) is 25.2 Å². The number of anilines is 1. The van der Waals surface area contributed by atoms with Crippen molar-refractivity contribution >= 4 is 11.6 Å². The highest BCUT2D eigenvalue weighted by Gasteiger charge is 2.23. The second-order valence-corrected chi connectivity index (χ2v) is 4.86. The molecule has 4 nitrogen and oxygen atoms in total. The van der Waals surface area contributed by atoms with Crippen molar-refractivity contribution < 1.29 is 13.6 Å². The highest BCUT2D eigenvalue weighted by molar-refractivity contribution is 5.82. The molecule has 6 heteroatoms. The Kier molecular flexibility index (Phi) is 4.89. The summed E-state index contributed by atoms with van der Waals surface area (Å²) in [7, 11) is 0. The number of carbonyl (C=O) groups is 1. The summed E-state index contributed by atoms with van der Waals surface area (Å²) in [4.78, 5) is 12.7. The van der Waals surface area contributed by atoms with Gasteiger partial charge >= 0.3 is 0 Å². The van der Waals surface area contributed by atoms with Gasteiger partial charge in [-0.2, -0.15) is 0 Å². The van der Waals surface area contributed by atoms with Crippen molar-refractivity contribution in [2.24, 2.45) is 0 Å². The summed E-state index contributed by atoms with van der Waals surface area (Å²) >= 11 is 0. The maximum Gasteiger partial charge on any atom is 0.239 e. The van der Waals surface area contributed by atoms with E-state index in [9.17, 15) is 13.6 Å². The minimum absolute atomic E-state index is 0.0126. The lowest BCUT2D eigenvalue weighted by Gasteiger charge is -2.29. The van der Waals surface area contributed by atoms with Crippen molar-refractivity contribution in [3.05, 3.63) is 29.3 Å². The van der Waals surface area contributed by atoms with E-state index < -0.39 is 11.6 Å². The number of amides is 1.